The first-order chi connectivity index (χ1) is 9.52. The van der Waals surface area contributed by atoms with E-state index in [1.807, 2.05) is 6.92 Å². The number of aryl methyl sites for hydroxylation is 2. The number of nitrogens with two attached hydrogens (primary N) is 1. The van der Waals surface area contributed by atoms with Crippen LogP contribution in [0.4, 0.5) is 0 Å². The van der Waals surface area contributed by atoms with Gasteiger partial charge in [0, 0.05) is 36.7 Å². The minimum absolute atomic E-state index is 0.280. The Balaban J connectivity index is 1.80. The van der Waals surface area contributed by atoms with Crippen LogP contribution in [0.1, 0.15) is 30.4 Å². The largest absolute Gasteiger partial charge is 0.326 e. The Labute approximate surface area is 119 Å². The Bertz CT molecular complexity index is 618. The zero-order valence-electron chi connectivity index (χ0n) is 12.5. The molecule has 2 aromatic heterocycles. The topological polar surface area (TPSA) is 59.5 Å². The maximum absolute atomic E-state index is 6.16. The average molecular weight is 273 g/mol. The molecule has 5 heteroatoms. The van der Waals surface area contributed by atoms with Crippen molar-refractivity contribution in [2.45, 2.75) is 39.8 Å². The van der Waals surface area contributed by atoms with Crippen LogP contribution in [0.15, 0.2) is 12.3 Å². The van der Waals surface area contributed by atoms with Gasteiger partial charge in [-0.3, -0.25) is 9.30 Å². The molecule has 2 atom stereocenters. The Hall–Kier alpha value is -1.46. The highest BCUT2D eigenvalue weighted by Gasteiger charge is 2.23. The SMILES string of the molecule is Cc1cc(C)n2cc(CN3CCC(C)C(N)C3)nc2n1. The first-order valence-corrected chi connectivity index (χ1v) is 7.33. The maximum atomic E-state index is 6.16. The third kappa shape index (κ3) is 2.55. The second-order valence-electron chi connectivity index (χ2n) is 6.11. The minimum Gasteiger partial charge on any atom is -0.326 e. The molecule has 0 amide bonds. The standard InChI is InChI=1S/C15H23N5/c1-10-4-5-19(9-14(10)16)7-13-8-20-12(3)6-11(2)17-15(20)18-13/h6,8,10,14H,4-5,7,9,16H2,1-3H3. The lowest BCUT2D eigenvalue weighted by molar-refractivity contribution is 0.161. The van der Waals surface area contributed by atoms with Crippen molar-refractivity contribution in [3.63, 3.8) is 0 Å². The number of imidazole rings is 1. The predicted molar refractivity (Wildman–Crippen MR) is 79.5 cm³/mol. The van der Waals surface area contributed by atoms with E-state index in [4.69, 9.17) is 5.73 Å². The molecule has 3 rings (SSSR count). The number of rotatable bonds is 2. The van der Waals surface area contributed by atoms with Gasteiger partial charge in [-0.2, -0.15) is 0 Å². The quantitative estimate of drug-likeness (QED) is 0.901. The van der Waals surface area contributed by atoms with Crippen molar-refractivity contribution in [1.82, 2.24) is 19.3 Å². The third-order valence-corrected chi connectivity index (χ3v) is 4.30. The molecule has 1 fully saturated rings. The molecule has 0 saturated carbocycles. The number of fused-ring (bicyclic) bond motifs is 1. The molecular formula is C15H23N5. The summed E-state index contributed by atoms with van der Waals surface area (Å²) in [6.07, 6.45) is 3.27. The molecule has 0 aromatic carbocycles. The van der Waals surface area contributed by atoms with Gasteiger partial charge in [0.25, 0.3) is 0 Å². The Morgan fingerprint density at radius 1 is 1.35 bits per heavy atom. The van der Waals surface area contributed by atoms with Gasteiger partial charge in [-0.1, -0.05) is 6.92 Å². The highest BCUT2D eigenvalue weighted by Crippen LogP contribution is 2.18. The van der Waals surface area contributed by atoms with Gasteiger partial charge in [0.1, 0.15) is 0 Å². The normalized spacial score (nSPS) is 24.4. The summed E-state index contributed by atoms with van der Waals surface area (Å²) in [6, 6.07) is 2.36. The molecule has 1 aliphatic heterocycles. The number of aromatic nitrogens is 3. The number of piperidine rings is 1. The average Bonchev–Trinajstić information content (AvgIpc) is 2.76. The van der Waals surface area contributed by atoms with Crippen LogP contribution < -0.4 is 5.73 Å². The van der Waals surface area contributed by atoms with Crippen LogP contribution in [-0.2, 0) is 6.54 Å². The molecule has 3 heterocycles. The fraction of sp³-hybridized carbons (Fsp3) is 0.600. The molecule has 20 heavy (non-hydrogen) atoms. The van der Waals surface area contributed by atoms with Gasteiger partial charge in [-0.05, 0) is 38.8 Å². The van der Waals surface area contributed by atoms with Gasteiger partial charge in [-0.15, -0.1) is 0 Å². The summed E-state index contributed by atoms with van der Waals surface area (Å²) in [5.41, 5.74) is 9.43. The van der Waals surface area contributed by atoms with E-state index in [1.165, 1.54) is 12.1 Å². The van der Waals surface area contributed by atoms with Crippen LogP contribution in [0.3, 0.4) is 0 Å². The molecule has 5 nitrogen and oxygen atoms in total. The van der Waals surface area contributed by atoms with E-state index >= 15 is 0 Å². The van der Waals surface area contributed by atoms with Crippen molar-refractivity contribution in [2.75, 3.05) is 13.1 Å². The van der Waals surface area contributed by atoms with E-state index in [2.05, 4.69) is 45.4 Å². The summed E-state index contributed by atoms with van der Waals surface area (Å²) >= 11 is 0. The van der Waals surface area contributed by atoms with Gasteiger partial charge in [0.15, 0.2) is 0 Å². The first-order valence-electron chi connectivity index (χ1n) is 7.33. The third-order valence-electron chi connectivity index (χ3n) is 4.30. The van der Waals surface area contributed by atoms with Gasteiger partial charge >= 0.3 is 0 Å². The monoisotopic (exact) mass is 273 g/mol. The minimum atomic E-state index is 0.280. The van der Waals surface area contributed by atoms with Crippen molar-refractivity contribution in [2.24, 2.45) is 11.7 Å². The second-order valence-corrected chi connectivity index (χ2v) is 6.11. The molecule has 2 N–H and O–H groups in total. The summed E-state index contributed by atoms with van der Waals surface area (Å²) in [7, 11) is 0. The summed E-state index contributed by atoms with van der Waals surface area (Å²) < 4.78 is 2.06. The fourth-order valence-electron chi connectivity index (χ4n) is 2.94. The highest BCUT2D eigenvalue weighted by atomic mass is 15.2. The highest BCUT2D eigenvalue weighted by molar-refractivity contribution is 5.34. The van der Waals surface area contributed by atoms with Crippen LogP contribution >= 0.6 is 0 Å². The lowest BCUT2D eigenvalue weighted by Crippen LogP contribution is -2.47. The number of likely N-dealkylation sites (tertiary alicyclic amines) is 1. The predicted octanol–water partition coefficient (Wildman–Crippen LogP) is 1.52. The van der Waals surface area contributed by atoms with Crippen molar-refractivity contribution in [1.29, 1.82) is 0 Å². The Morgan fingerprint density at radius 2 is 2.15 bits per heavy atom. The fourth-order valence-corrected chi connectivity index (χ4v) is 2.94. The number of hydrogen-bond donors (Lipinski definition) is 1. The number of nitrogens with zero attached hydrogens (tertiary/aromatic N) is 4. The van der Waals surface area contributed by atoms with Gasteiger partial charge in [0.05, 0.1) is 5.69 Å². The second kappa shape index (κ2) is 5.14. The zero-order chi connectivity index (χ0) is 14.3. The molecule has 0 radical (unpaired) electrons. The molecule has 2 unspecified atom stereocenters. The molecule has 0 aliphatic carbocycles. The van der Waals surface area contributed by atoms with E-state index in [0.29, 0.717) is 5.92 Å². The van der Waals surface area contributed by atoms with E-state index in [-0.39, 0.29) is 6.04 Å². The van der Waals surface area contributed by atoms with Gasteiger partial charge in [-0.25, -0.2) is 9.97 Å². The first kappa shape index (κ1) is 13.5. The zero-order valence-corrected chi connectivity index (χ0v) is 12.5. The van der Waals surface area contributed by atoms with Gasteiger partial charge < -0.3 is 5.73 Å². The molecule has 1 aliphatic rings. The van der Waals surface area contributed by atoms with Crippen LogP contribution in [0.25, 0.3) is 5.78 Å². The van der Waals surface area contributed by atoms with E-state index in [0.717, 1.165) is 36.8 Å². The van der Waals surface area contributed by atoms with E-state index < -0.39 is 0 Å². The molecular weight excluding hydrogens is 250 g/mol. The van der Waals surface area contributed by atoms with Crippen LogP contribution in [0, 0.1) is 19.8 Å². The molecule has 1 saturated heterocycles. The summed E-state index contributed by atoms with van der Waals surface area (Å²) in [6.45, 7) is 9.26. The van der Waals surface area contributed by atoms with Gasteiger partial charge in [0.2, 0.25) is 5.78 Å². The lowest BCUT2D eigenvalue weighted by Gasteiger charge is -2.34. The maximum Gasteiger partial charge on any atom is 0.234 e. The van der Waals surface area contributed by atoms with Crippen LogP contribution in [0.2, 0.25) is 0 Å². The van der Waals surface area contributed by atoms with Crippen molar-refractivity contribution >= 4 is 5.78 Å². The molecule has 108 valence electrons. The van der Waals surface area contributed by atoms with E-state index in [1.54, 1.807) is 0 Å². The molecule has 0 bridgehead atoms. The van der Waals surface area contributed by atoms with Crippen molar-refractivity contribution in [3.8, 4) is 0 Å². The Kier molecular flexibility index (Phi) is 3.48. The molecule has 2 aromatic rings. The van der Waals surface area contributed by atoms with Crippen LogP contribution in [0.5, 0.6) is 0 Å². The van der Waals surface area contributed by atoms with E-state index in [9.17, 15) is 0 Å². The van der Waals surface area contributed by atoms with Crippen molar-refractivity contribution < 1.29 is 0 Å². The molecule has 0 spiro atoms. The summed E-state index contributed by atoms with van der Waals surface area (Å²) in [5.74, 6) is 1.42. The Morgan fingerprint density at radius 3 is 2.90 bits per heavy atom. The van der Waals surface area contributed by atoms with Crippen molar-refractivity contribution in [3.05, 3.63) is 29.3 Å². The smallest absolute Gasteiger partial charge is 0.234 e. The summed E-state index contributed by atoms with van der Waals surface area (Å²) in [5, 5.41) is 0. The number of hydrogen-bond acceptors (Lipinski definition) is 4. The summed E-state index contributed by atoms with van der Waals surface area (Å²) in [4.78, 5) is 11.5. The lowest BCUT2D eigenvalue weighted by atomic mass is 9.94. The van der Waals surface area contributed by atoms with Crippen LogP contribution in [-0.4, -0.2) is 38.4 Å².